The van der Waals surface area contributed by atoms with E-state index in [1.807, 2.05) is 74.6 Å². The zero-order chi connectivity index (χ0) is 17.6. The van der Waals surface area contributed by atoms with Gasteiger partial charge in [-0.3, -0.25) is 9.69 Å². The fourth-order valence-electron chi connectivity index (χ4n) is 3.29. The minimum Gasteiger partial charge on any atom is -0.490 e. The number of benzene rings is 2. The van der Waals surface area contributed by atoms with Crippen LogP contribution in [0.3, 0.4) is 0 Å². The van der Waals surface area contributed by atoms with E-state index in [9.17, 15) is 4.79 Å². The number of para-hydroxylation sites is 2. The predicted molar refractivity (Wildman–Crippen MR) is 101 cm³/mol. The molecule has 2 aromatic carbocycles. The fraction of sp³-hybridized carbons (Fsp3) is 0.381. The second-order valence-electron chi connectivity index (χ2n) is 6.58. The van der Waals surface area contributed by atoms with Crippen LogP contribution >= 0.6 is 0 Å². The molecule has 1 saturated heterocycles. The maximum atomic E-state index is 12.8. The molecule has 4 heteroatoms. The number of carbonyl (C=O) groups excluding carboxylic acids is 1. The van der Waals surface area contributed by atoms with Gasteiger partial charge in [0, 0.05) is 25.8 Å². The molecule has 0 saturated carbocycles. The lowest BCUT2D eigenvalue weighted by atomic mass is 10.1. The van der Waals surface area contributed by atoms with Crippen molar-refractivity contribution in [2.24, 2.45) is 0 Å². The number of carbonyl (C=O) groups is 1. The SMILES string of the molecule is CC(C(=O)N(C)c1ccccc1)N1CCC(Oc2ccccc2)CC1. The smallest absolute Gasteiger partial charge is 0.243 e. The van der Waals surface area contributed by atoms with Gasteiger partial charge in [-0.1, -0.05) is 36.4 Å². The van der Waals surface area contributed by atoms with Gasteiger partial charge in [-0.05, 0) is 44.0 Å². The highest BCUT2D eigenvalue weighted by molar-refractivity contribution is 5.96. The van der Waals surface area contributed by atoms with Crippen molar-refractivity contribution in [2.75, 3.05) is 25.0 Å². The molecule has 0 aromatic heterocycles. The van der Waals surface area contributed by atoms with Gasteiger partial charge >= 0.3 is 0 Å². The molecule has 1 atom stereocenters. The minimum absolute atomic E-state index is 0.122. The molecule has 3 rings (SSSR count). The van der Waals surface area contributed by atoms with Crippen LogP contribution in [0, 0.1) is 0 Å². The molecule has 0 bridgehead atoms. The fourth-order valence-corrected chi connectivity index (χ4v) is 3.29. The first kappa shape index (κ1) is 17.5. The highest BCUT2D eigenvalue weighted by Gasteiger charge is 2.29. The van der Waals surface area contributed by atoms with E-state index in [4.69, 9.17) is 4.74 Å². The van der Waals surface area contributed by atoms with E-state index in [1.165, 1.54) is 0 Å². The second kappa shape index (κ2) is 8.17. The molecule has 1 aliphatic heterocycles. The van der Waals surface area contributed by atoms with E-state index in [2.05, 4.69) is 4.90 Å². The molecule has 132 valence electrons. The molecule has 1 fully saturated rings. The Labute approximate surface area is 150 Å². The third kappa shape index (κ3) is 4.40. The average molecular weight is 338 g/mol. The number of likely N-dealkylation sites (N-methyl/N-ethyl adjacent to an activating group) is 1. The number of amides is 1. The number of rotatable bonds is 5. The predicted octanol–water partition coefficient (Wildman–Crippen LogP) is 3.58. The number of hydrogen-bond donors (Lipinski definition) is 0. The van der Waals surface area contributed by atoms with Crippen molar-refractivity contribution in [3.8, 4) is 5.75 Å². The first-order chi connectivity index (χ1) is 12.1. The van der Waals surface area contributed by atoms with Gasteiger partial charge in [0.1, 0.15) is 11.9 Å². The molecule has 0 aliphatic carbocycles. The van der Waals surface area contributed by atoms with Crippen LogP contribution in [0.25, 0.3) is 0 Å². The molecular formula is C21H26N2O2. The van der Waals surface area contributed by atoms with Gasteiger partial charge in [-0.2, -0.15) is 0 Å². The van der Waals surface area contributed by atoms with Crippen molar-refractivity contribution in [1.29, 1.82) is 0 Å². The molecule has 1 unspecified atom stereocenters. The van der Waals surface area contributed by atoms with Gasteiger partial charge in [0.15, 0.2) is 0 Å². The van der Waals surface area contributed by atoms with Crippen molar-refractivity contribution in [3.63, 3.8) is 0 Å². The Morgan fingerprint density at radius 2 is 1.60 bits per heavy atom. The second-order valence-corrected chi connectivity index (χ2v) is 6.58. The molecule has 1 amide bonds. The maximum absolute atomic E-state index is 12.8. The third-order valence-electron chi connectivity index (χ3n) is 4.90. The molecule has 4 nitrogen and oxygen atoms in total. The van der Waals surface area contributed by atoms with Crippen molar-refractivity contribution >= 4 is 11.6 Å². The normalized spacial score (nSPS) is 17.0. The Morgan fingerprint density at radius 3 is 2.20 bits per heavy atom. The summed E-state index contributed by atoms with van der Waals surface area (Å²) >= 11 is 0. The summed E-state index contributed by atoms with van der Waals surface area (Å²) in [6.07, 6.45) is 2.12. The van der Waals surface area contributed by atoms with E-state index in [0.717, 1.165) is 37.4 Å². The van der Waals surface area contributed by atoms with Gasteiger partial charge in [0.2, 0.25) is 5.91 Å². The number of nitrogens with zero attached hydrogens (tertiary/aromatic N) is 2. The molecule has 0 radical (unpaired) electrons. The van der Waals surface area contributed by atoms with Crippen molar-refractivity contribution < 1.29 is 9.53 Å². The molecule has 0 N–H and O–H groups in total. The van der Waals surface area contributed by atoms with Crippen LogP contribution in [0.15, 0.2) is 60.7 Å². The summed E-state index contributed by atoms with van der Waals surface area (Å²) in [5.74, 6) is 1.06. The zero-order valence-electron chi connectivity index (χ0n) is 15.0. The molecule has 25 heavy (non-hydrogen) atoms. The van der Waals surface area contributed by atoms with Gasteiger partial charge in [-0.25, -0.2) is 0 Å². The van der Waals surface area contributed by atoms with Crippen LogP contribution in [0.2, 0.25) is 0 Å². The van der Waals surface area contributed by atoms with E-state index < -0.39 is 0 Å². The quantitative estimate of drug-likeness (QED) is 0.835. The topological polar surface area (TPSA) is 32.8 Å². The van der Waals surface area contributed by atoms with Crippen LogP contribution in [-0.4, -0.2) is 43.1 Å². The molecule has 0 spiro atoms. The lowest BCUT2D eigenvalue weighted by Gasteiger charge is -2.36. The molecule has 2 aromatic rings. The van der Waals surface area contributed by atoms with E-state index in [1.54, 1.807) is 4.90 Å². The number of likely N-dealkylation sites (tertiary alicyclic amines) is 1. The first-order valence-electron chi connectivity index (χ1n) is 8.93. The Morgan fingerprint density at radius 1 is 1.04 bits per heavy atom. The van der Waals surface area contributed by atoms with Gasteiger partial charge in [-0.15, -0.1) is 0 Å². The summed E-state index contributed by atoms with van der Waals surface area (Å²) in [5, 5.41) is 0. The summed E-state index contributed by atoms with van der Waals surface area (Å²) in [6.45, 7) is 3.76. The summed E-state index contributed by atoms with van der Waals surface area (Å²) < 4.78 is 6.04. The highest BCUT2D eigenvalue weighted by Crippen LogP contribution is 2.21. The highest BCUT2D eigenvalue weighted by atomic mass is 16.5. The van der Waals surface area contributed by atoms with Crippen LogP contribution in [0.1, 0.15) is 19.8 Å². The Bertz CT molecular complexity index is 667. The third-order valence-corrected chi connectivity index (χ3v) is 4.90. The number of ether oxygens (including phenoxy) is 1. The van der Waals surface area contributed by atoms with Crippen molar-refractivity contribution in [3.05, 3.63) is 60.7 Å². The lowest BCUT2D eigenvalue weighted by molar-refractivity contribution is -0.123. The van der Waals surface area contributed by atoms with E-state index >= 15 is 0 Å². The number of hydrogen-bond acceptors (Lipinski definition) is 3. The average Bonchev–Trinajstić information content (AvgIpc) is 2.68. The van der Waals surface area contributed by atoms with Crippen LogP contribution in [0.5, 0.6) is 5.75 Å². The summed E-state index contributed by atoms with van der Waals surface area (Å²) in [4.78, 5) is 16.8. The first-order valence-corrected chi connectivity index (χ1v) is 8.93. The molecule has 1 heterocycles. The summed E-state index contributed by atoms with van der Waals surface area (Å²) in [7, 11) is 1.85. The standard InChI is InChI=1S/C21H26N2O2/c1-17(21(24)22(2)18-9-5-3-6-10-18)23-15-13-20(14-16-23)25-19-11-7-4-8-12-19/h3-12,17,20H,13-16H2,1-2H3. The summed E-state index contributed by atoms with van der Waals surface area (Å²) in [5.41, 5.74) is 0.932. The van der Waals surface area contributed by atoms with Crippen molar-refractivity contribution in [1.82, 2.24) is 4.90 Å². The Balaban J connectivity index is 1.52. The Kier molecular flexibility index (Phi) is 5.71. The molecule has 1 aliphatic rings. The van der Waals surface area contributed by atoms with Crippen LogP contribution < -0.4 is 9.64 Å². The van der Waals surface area contributed by atoms with Gasteiger partial charge < -0.3 is 9.64 Å². The minimum atomic E-state index is -0.122. The number of anilines is 1. The number of piperidine rings is 1. The summed E-state index contributed by atoms with van der Waals surface area (Å²) in [6, 6.07) is 19.6. The van der Waals surface area contributed by atoms with Crippen molar-refractivity contribution in [2.45, 2.75) is 31.9 Å². The van der Waals surface area contributed by atoms with E-state index in [0.29, 0.717) is 0 Å². The van der Waals surface area contributed by atoms with E-state index in [-0.39, 0.29) is 18.1 Å². The largest absolute Gasteiger partial charge is 0.490 e. The van der Waals surface area contributed by atoms with Gasteiger partial charge in [0.05, 0.1) is 6.04 Å². The lowest BCUT2D eigenvalue weighted by Crippen LogP contribution is -2.50. The van der Waals surface area contributed by atoms with Crippen LogP contribution in [-0.2, 0) is 4.79 Å². The van der Waals surface area contributed by atoms with Gasteiger partial charge in [0.25, 0.3) is 0 Å². The monoisotopic (exact) mass is 338 g/mol. The Hall–Kier alpha value is -2.33. The molecular weight excluding hydrogens is 312 g/mol. The maximum Gasteiger partial charge on any atom is 0.243 e. The zero-order valence-corrected chi connectivity index (χ0v) is 15.0. The van der Waals surface area contributed by atoms with Crippen LogP contribution in [0.4, 0.5) is 5.69 Å².